The normalized spacial score (nSPS) is 10.1. The second kappa shape index (κ2) is 9.96. The number of carbonyl (C=O) groups excluding carboxylic acids is 3. The Kier molecular flexibility index (Phi) is 7.37. The van der Waals surface area contributed by atoms with E-state index in [1.165, 1.54) is 24.3 Å². The van der Waals surface area contributed by atoms with Crippen LogP contribution in [0, 0.1) is 0 Å². The van der Waals surface area contributed by atoms with E-state index in [2.05, 4.69) is 0 Å². The maximum Gasteiger partial charge on any atom is 0.338 e. The predicted molar refractivity (Wildman–Crippen MR) is 98.9 cm³/mol. The fourth-order valence-corrected chi connectivity index (χ4v) is 2.32. The summed E-state index contributed by atoms with van der Waals surface area (Å²) in [5, 5.41) is 0. The molecule has 0 unspecified atom stereocenters. The van der Waals surface area contributed by atoms with E-state index in [0.29, 0.717) is 18.8 Å². The van der Waals surface area contributed by atoms with Gasteiger partial charge in [-0.1, -0.05) is 30.3 Å². The summed E-state index contributed by atoms with van der Waals surface area (Å²) >= 11 is 0. The molecule has 7 heteroatoms. The van der Waals surface area contributed by atoms with E-state index in [9.17, 15) is 14.4 Å². The summed E-state index contributed by atoms with van der Waals surface area (Å²) in [6, 6.07) is 15.6. The van der Waals surface area contributed by atoms with Crippen LogP contribution < -0.4 is 10.5 Å². The number of hydrogen-bond acceptors (Lipinski definition) is 5. The van der Waals surface area contributed by atoms with Crippen LogP contribution in [0.5, 0.6) is 5.75 Å². The van der Waals surface area contributed by atoms with E-state index < -0.39 is 11.9 Å². The summed E-state index contributed by atoms with van der Waals surface area (Å²) in [7, 11) is 0. The standard InChI is InChI=1S/C20H22N2O5/c1-2-22(12-15-6-4-3-5-7-15)19(24)14-27-20(25)16-8-10-17(11-9-16)26-13-18(21)23/h3-11H,2,12-14H2,1H3,(H2,21,23). The van der Waals surface area contributed by atoms with Gasteiger partial charge in [-0.05, 0) is 36.8 Å². The second-order valence-electron chi connectivity index (χ2n) is 5.75. The average Bonchev–Trinajstić information content (AvgIpc) is 2.69. The third-order valence-electron chi connectivity index (χ3n) is 3.75. The molecule has 0 aliphatic carbocycles. The van der Waals surface area contributed by atoms with Crippen molar-refractivity contribution in [2.24, 2.45) is 5.73 Å². The highest BCUT2D eigenvalue weighted by Crippen LogP contribution is 2.13. The van der Waals surface area contributed by atoms with Gasteiger partial charge in [-0.2, -0.15) is 0 Å². The fourth-order valence-electron chi connectivity index (χ4n) is 2.32. The van der Waals surface area contributed by atoms with Crippen LogP contribution in [0.1, 0.15) is 22.8 Å². The Morgan fingerprint density at radius 1 is 0.963 bits per heavy atom. The molecule has 0 radical (unpaired) electrons. The number of hydrogen-bond donors (Lipinski definition) is 1. The van der Waals surface area contributed by atoms with Crippen LogP contribution >= 0.6 is 0 Å². The highest BCUT2D eigenvalue weighted by molar-refractivity contribution is 5.91. The molecule has 0 atom stereocenters. The van der Waals surface area contributed by atoms with Crippen molar-refractivity contribution in [3.63, 3.8) is 0 Å². The fraction of sp³-hybridized carbons (Fsp3) is 0.250. The summed E-state index contributed by atoms with van der Waals surface area (Å²) in [5.74, 6) is -1.06. The molecule has 0 heterocycles. The molecule has 2 amide bonds. The molecule has 0 spiro atoms. The van der Waals surface area contributed by atoms with Crippen molar-refractivity contribution in [1.29, 1.82) is 0 Å². The summed E-state index contributed by atoms with van der Waals surface area (Å²) < 4.78 is 10.2. The van der Waals surface area contributed by atoms with Gasteiger partial charge in [-0.3, -0.25) is 9.59 Å². The van der Waals surface area contributed by atoms with Gasteiger partial charge in [-0.15, -0.1) is 0 Å². The van der Waals surface area contributed by atoms with E-state index in [4.69, 9.17) is 15.2 Å². The van der Waals surface area contributed by atoms with Gasteiger partial charge in [0.05, 0.1) is 5.56 Å². The minimum Gasteiger partial charge on any atom is -0.484 e. The third kappa shape index (κ3) is 6.47. The lowest BCUT2D eigenvalue weighted by Gasteiger charge is -2.20. The number of amides is 2. The van der Waals surface area contributed by atoms with Crippen molar-refractivity contribution in [2.75, 3.05) is 19.8 Å². The van der Waals surface area contributed by atoms with E-state index in [0.717, 1.165) is 5.56 Å². The van der Waals surface area contributed by atoms with Crippen LogP contribution in [0.2, 0.25) is 0 Å². The van der Waals surface area contributed by atoms with Crippen molar-refractivity contribution in [2.45, 2.75) is 13.5 Å². The monoisotopic (exact) mass is 370 g/mol. The van der Waals surface area contributed by atoms with Crippen molar-refractivity contribution in [3.8, 4) is 5.75 Å². The predicted octanol–water partition coefficient (Wildman–Crippen LogP) is 1.76. The zero-order valence-corrected chi connectivity index (χ0v) is 15.1. The summed E-state index contributed by atoms with van der Waals surface area (Å²) in [4.78, 5) is 36.7. The van der Waals surface area contributed by atoms with Gasteiger partial charge in [0.15, 0.2) is 13.2 Å². The van der Waals surface area contributed by atoms with E-state index in [1.54, 1.807) is 4.90 Å². The molecule has 0 bridgehead atoms. The van der Waals surface area contributed by atoms with E-state index in [1.807, 2.05) is 37.3 Å². The number of rotatable bonds is 9. The molecule has 2 N–H and O–H groups in total. The van der Waals surface area contributed by atoms with Crippen molar-refractivity contribution < 1.29 is 23.9 Å². The van der Waals surface area contributed by atoms with Crippen molar-refractivity contribution in [1.82, 2.24) is 4.90 Å². The molecule has 2 rings (SSSR count). The Morgan fingerprint density at radius 2 is 1.63 bits per heavy atom. The first-order valence-corrected chi connectivity index (χ1v) is 8.49. The molecule has 0 fully saturated rings. The van der Waals surface area contributed by atoms with Gasteiger partial charge >= 0.3 is 5.97 Å². The highest BCUT2D eigenvalue weighted by atomic mass is 16.5. The summed E-state index contributed by atoms with van der Waals surface area (Å²) in [6.07, 6.45) is 0. The number of esters is 1. The Balaban J connectivity index is 1.86. The number of benzene rings is 2. The molecule has 0 saturated heterocycles. The highest BCUT2D eigenvalue weighted by Gasteiger charge is 2.15. The van der Waals surface area contributed by atoms with Crippen LogP contribution in [-0.4, -0.2) is 42.4 Å². The molecular formula is C20H22N2O5. The van der Waals surface area contributed by atoms with Crippen LogP contribution in [-0.2, 0) is 20.9 Å². The minimum atomic E-state index is -0.611. The van der Waals surface area contributed by atoms with Gasteiger partial charge in [0.25, 0.3) is 11.8 Å². The smallest absolute Gasteiger partial charge is 0.338 e. The largest absolute Gasteiger partial charge is 0.484 e. The molecule has 0 saturated carbocycles. The number of carbonyl (C=O) groups is 3. The number of likely N-dealkylation sites (N-methyl/N-ethyl adjacent to an activating group) is 1. The topological polar surface area (TPSA) is 98.9 Å². The first-order chi connectivity index (χ1) is 13.0. The van der Waals surface area contributed by atoms with E-state index >= 15 is 0 Å². The zero-order chi connectivity index (χ0) is 19.6. The number of nitrogens with zero attached hydrogens (tertiary/aromatic N) is 1. The van der Waals surface area contributed by atoms with Crippen molar-refractivity contribution in [3.05, 3.63) is 65.7 Å². The summed E-state index contributed by atoms with van der Waals surface area (Å²) in [5.41, 5.74) is 6.28. The number of ether oxygens (including phenoxy) is 2. The molecule has 0 aliphatic rings. The molecule has 7 nitrogen and oxygen atoms in total. The molecule has 0 aliphatic heterocycles. The first kappa shape index (κ1) is 20.0. The van der Waals surface area contributed by atoms with Gasteiger partial charge in [0.1, 0.15) is 5.75 Å². The summed E-state index contributed by atoms with van der Waals surface area (Å²) in [6.45, 7) is 2.26. The molecule has 0 aromatic heterocycles. The SMILES string of the molecule is CCN(Cc1ccccc1)C(=O)COC(=O)c1ccc(OCC(N)=O)cc1. The maximum absolute atomic E-state index is 12.3. The van der Waals surface area contributed by atoms with E-state index in [-0.39, 0.29) is 24.7 Å². The Labute approximate surface area is 157 Å². The maximum atomic E-state index is 12.3. The Bertz CT molecular complexity index is 775. The van der Waals surface area contributed by atoms with Crippen LogP contribution in [0.3, 0.4) is 0 Å². The van der Waals surface area contributed by atoms with Gasteiger partial charge in [-0.25, -0.2) is 4.79 Å². The molecule has 142 valence electrons. The second-order valence-corrected chi connectivity index (χ2v) is 5.75. The minimum absolute atomic E-state index is 0.243. The van der Waals surface area contributed by atoms with Crippen LogP contribution in [0.15, 0.2) is 54.6 Å². The lowest BCUT2D eigenvalue weighted by Crippen LogP contribution is -2.34. The molecule has 2 aromatic rings. The Morgan fingerprint density at radius 3 is 2.22 bits per heavy atom. The van der Waals surface area contributed by atoms with Crippen LogP contribution in [0.25, 0.3) is 0 Å². The van der Waals surface area contributed by atoms with Crippen molar-refractivity contribution >= 4 is 17.8 Å². The Hall–Kier alpha value is -3.35. The van der Waals surface area contributed by atoms with Crippen LogP contribution in [0.4, 0.5) is 0 Å². The first-order valence-electron chi connectivity index (χ1n) is 8.49. The average molecular weight is 370 g/mol. The lowest BCUT2D eigenvalue weighted by molar-refractivity contribution is -0.135. The van der Waals surface area contributed by atoms with Gasteiger partial charge < -0.3 is 20.1 Å². The number of primary amides is 1. The molecular weight excluding hydrogens is 348 g/mol. The van der Waals surface area contributed by atoms with Gasteiger partial charge in [0, 0.05) is 13.1 Å². The lowest BCUT2D eigenvalue weighted by atomic mass is 10.2. The molecule has 27 heavy (non-hydrogen) atoms. The quantitative estimate of drug-likeness (QED) is 0.678. The number of nitrogens with two attached hydrogens (primary N) is 1. The zero-order valence-electron chi connectivity index (χ0n) is 15.1. The third-order valence-corrected chi connectivity index (χ3v) is 3.75. The molecule has 2 aromatic carbocycles. The van der Waals surface area contributed by atoms with Gasteiger partial charge in [0.2, 0.25) is 0 Å².